The van der Waals surface area contributed by atoms with Crippen molar-refractivity contribution in [3.05, 3.63) is 29.6 Å². The average molecular weight is 177 g/mol. The zero-order valence-electron chi connectivity index (χ0n) is 7.76. The van der Waals surface area contributed by atoms with E-state index >= 15 is 0 Å². The molecule has 1 atom stereocenters. The number of para-hydroxylation sites is 1. The minimum absolute atomic E-state index is 0.157. The summed E-state index contributed by atoms with van der Waals surface area (Å²) < 4.78 is 13.2. The Morgan fingerprint density at radius 2 is 2.23 bits per heavy atom. The van der Waals surface area contributed by atoms with Crippen LogP contribution in [-0.4, -0.2) is 6.04 Å². The van der Waals surface area contributed by atoms with Crippen molar-refractivity contribution < 1.29 is 4.39 Å². The summed E-state index contributed by atoms with van der Waals surface area (Å²) in [6.07, 6.45) is 5.19. The van der Waals surface area contributed by atoms with Crippen LogP contribution in [0.2, 0.25) is 0 Å². The Bertz CT molecular complexity index is 318. The van der Waals surface area contributed by atoms with Gasteiger partial charge in [-0.05, 0) is 25.5 Å². The summed E-state index contributed by atoms with van der Waals surface area (Å²) in [5.41, 5.74) is 1.36. The second-order valence-electron chi connectivity index (χ2n) is 2.96. The summed E-state index contributed by atoms with van der Waals surface area (Å²) in [7, 11) is 0. The average Bonchev–Trinajstić information content (AvgIpc) is 2.11. The molecule has 0 bridgehead atoms. The van der Waals surface area contributed by atoms with Gasteiger partial charge in [-0.25, -0.2) is 4.39 Å². The Hall–Kier alpha value is -1.49. The number of terminal acetylenes is 1. The molecule has 0 spiro atoms. The molecule has 1 nitrogen and oxygen atoms in total. The van der Waals surface area contributed by atoms with E-state index in [1.807, 2.05) is 19.9 Å². The van der Waals surface area contributed by atoms with Crippen molar-refractivity contribution in [2.24, 2.45) is 0 Å². The molecule has 68 valence electrons. The Kier molecular flexibility index (Phi) is 2.92. The SMILES string of the molecule is C#CC(C)Nc1c(C)cccc1F. The third-order valence-corrected chi connectivity index (χ3v) is 1.83. The Labute approximate surface area is 78.0 Å². The van der Waals surface area contributed by atoms with Gasteiger partial charge in [-0.2, -0.15) is 0 Å². The van der Waals surface area contributed by atoms with E-state index in [0.29, 0.717) is 5.69 Å². The van der Waals surface area contributed by atoms with Crippen LogP contribution in [0.4, 0.5) is 10.1 Å². The van der Waals surface area contributed by atoms with E-state index < -0.39 is 0 Å². The van der Waals surface area contributed by atoms with Crippen molar-refractivity contribution in [3.63, 3.8) is 0 Å². The number of nitrogens with one attached hydrogen (secondary N) is 1. The maximum Gasteiger partial charge on any atom is 0.146 e. The molecule has 0 fully saturated rings. The number of rotatable bonds is 2. The largest absolute Gasteiger partial charge is 0.369 e. The molecule has 0 radical (unpaired) electrons. The van der Waals surface area contributed by atoms with Gasteiger partial charge in [0.15, 0.2) is 0 Å². The number of hydrogen-bond acceptors (Lipinski definition) is 1. The van der Waals surface area contributed by atoms with Crippen molar-refractivity contribution in [2.75, 3.05) is 5.32 Å². The van der Waals surface area contributed by atoms with Crippen molar-refractivity contribution in [1.29, 1.82) is 0 Å². The summed E-state index contributed by atoms with van der Waals surface area (Å²) in [6.45, 7) is 3.65. The van der Waals surface area contributed by atoms with Gasteiger partial charge in [-0.15, -0.1) is 6.42 Å². The lowest BCUT2D eigenvalue weighted by Crippen LogP contribution is -2.14. The van der Waals surface area contributed by atoms with Crippen LogP contribution in [0.3, 0.4) is 0 Å². The van der Waals surface area contributed by atoms with Gasteiger partial charge in [0.05, 0.1) is 11.7 Å². The zero-order chi connectivity index (χ0) is 9.84. The molecular weight excluding hydrogens is 165 g/mol. The summed E-state index contributed by atoms with van der Waals surface area (Å²) in [4.78, 5) is 0. The highest BCUT2D eigenvalue weighted by atomic mass is 19.1. The van der Waals surface area contributed by atoms with E-state index in [9.17, 15) is 4.39 Å². The highest BCUT2D eigenvalue weighted by Gasteiger charge is 2.05. The lowest BCUT2D eigenvalue weighted by molar-refractivity contribution is 0.628. The number of benzene rings is 1. The number of halogens is 1. The summed E-state index contributed by atoms with van der Waals surface area (Å²) in [5.74, 6) is 2.23. The van der Waals surface area contributed by atoms with Crippen molar-refractivity contribution in [1.82, 2.24) is 0 Å². The molecule has 2 heteroatoms. The van der Waals surface area contributed by atoms with E-state index in [1.54, 1.807) is 6.07 Å². The highest BCUT2D eigenvalue weighted by Crippen LogP contribution is 2.19. The molecule has 13 heavy (non-hydrogen) atoms. The predicted octanol–water partition coefficient (Wildman–Crippen LogP) is 2.57. The van der Waals surface area contributed by atoms with Gasteiger partial charge in [0.25, 0.3) is 0 Å². The monoisotopic (exact) mass is 177 g/mol. The van der Waals surface area contributed by atoms with Crippen LogP contribution in [0.25, 0.3) is 0 Å². The van der Waals surface area contributed by atoms with Crippen LogP contribution < -0.4 is 5.32 Å². The zero-order valence-corrected chi connectivity index (χ0v) is 7.76. The second-order valence-corrected chi connectivity index (χ2v) is 2.96. The second kappa shape index (κ2) is 3.95. The smallest absolute Gasteiger partial charge is 0.146 e. The molecule has 0 saturated heterocycles. The molecular formula is C11H12FN. The third-order valence-electron chi connectivity index (χ3n) is 1.83. The topological polar surface area (TPSA) is 12.0 Å². The van der Waals surface area contributed by atoms with Crippen LogP contribution in [0, 0.1) is 25.1 Å². The molecule has 0 aliphatic heterocycles. The standard InChI is InChI=1S/C11H12FN/c1-4-9(3)13-11-8(2)6-5-7-10(11)12/h1,5-7,9,13H,2-3H3. The lowest BCUT2D eigenvalue weighted by atomic mass is 10.2. The van der Waals surface area contributed by atoms with Gasteiger partial charge >= 0.3 is 0 Å². The van der Waals surface area contributed by atoms with Crippen LogP contribution in [0.1, 0.15) is 12.5 Å². The quantitative estimate of drug-likeness (QED) is 0.684. The van der Waals surface area contributed by atoms with E-state index in [2.05, 4.69) is 11.2 Å². The van der Waals surface area contributed by atoms with E-state index in [4.69, 9.17) is 6.42 Å². The normalized spacial score (nSPS) is 11.8. The molecule has 1 N–H and O–H groups in total. The van der Waals surface area contributed by atoms with E-state index in [0.717, 1.165) is 5.56 Å². The molecule has 1 aromatic carbocycles. The van der Waals surface area contributed by atoms with Crippen molar-refractivity contribution in [2.45, 2.75) is 19.9 Å². The van der Waals surface area contributed by atoms with Gasteiger partial charge in [0.1, 0.15) is 5.82 Å². The molecule has 0 saturated carbocycles. The molecule has 0 heterocycles. The first-order valence-electron chi connectivity index (χ1n) is 4.13. The minimum Gasteiger partial charge on any atom is -0.369 e. The fourth-order valence-corrected chi connectivity index (χ4v) is 1.07. The molecule has 1 aromatic rings. The first-order chi connectivity index (χ1) is 6.15. The van der Waals surface area contributed by atoms with E-state index in [-0.39, 0.29) is 11.9 Å². The Morgan fingerprint density at radius 3 is 2.77 bits per heavy atom. The van der Waals surface area contributed by atoms with Gasteiger partial charge in [0, 0.05) is 0 Å². The molecule has 1 unspecified atom stereocenters. The summed E-state index contributed by atoms with van der Waals surface area (Å²) in [6, 6.07) is 4.78. The maximum absolute atomic E-state index is 13.2. The molecule has 0 aromatic heterocycles. The van der Waals surface area contributed by atoms with Crippen molar-refractivity contribution in [3.8, 4) is 12.3 Å². The molecule has 0 aliphatic carbocycles. The minimum atomic E-state index is -0.262. The summed E-state index contributed by atoms with van der Waals surface area (Å²) >= 11 is 0. The van der Waals surface area contributed by atoms with Crippen LogP contribution in [0.15, 0.2) is 18.2 Å². The van der Waals surface area contributed by atoms with Crippen LogP contribution in [-0.2, 0) is 0 Å². The number of hydrogen-bond donors (Lipinski definition) is 1. The first kappa shape index (κ1) is 9.60. The molecule has 0 aliphatic rings. The van der Waals surface area contributed by atoms with Gasteiger partial charge in [-0.3, -0.25) is 0 Å². The lowest BCUT2D eigenvalue weighted by Gasteiger charge is -2.12. The predicted molar refractivity (Wildman–Crippen MR) is 53.1 cm³/mol. The Morgan fingerprint density at radius 1 is 1.54 bits per heavy atom. The Balaban J connectivity index is 2.95. The number of anilines is 1. The van der Waals surface area contributed by atoms with Crippen LogP contribution in [0.5, 0.6) is 0 Å². The van der Waals surface area contributed by atoms with Crippen LogP contribution >= 0.6 is 0 Å². The first-order valence-corrected chi connectivity index (χ1v) is 4.13. The van der Waals surface area contributed by atoms with Gasteiger partial charge in [-0.1, -0.05) is 18.1 Å². The van der Waals surface area contributed by atoms with E-state index in [1.165, 1.54) is 6.07 Å². The fraction of sp³-hybridized carbons (Fsp3) is 0.273. The molecule has 0 amide bonds. The maximum atomic E-state index is 13.2. The highest BCUT2D eigenvalue weighted by molar-refractivity contribution is 5.53. The van der Waals surface area contributed by atoms with Crippen molar-refractivity contribution >= 4 is 5.69 Å². The number of aryl methyl sites for hydroxylation is 1. The fourth-order valence-electron chi connectivity index (χ4n) is 1.07. The third kappa shape index (κ3) is 2.22. The van der Waals surface area contributed by atoms with Gasteiger partial charge < -0.3 is 5.32 Å². The molecule has 1 rings (SSSR count). The summed E-state index contributed by atoms with van der Waals surface area (Å²) in [5, 5.41) is 2.92. The van der Waals surface area contributed by atoms with Gasteiger partial charge in [0.2, 0.25) is 0 Å².